The highest BCUT2D eigenvalue weighted by atomic mass is 28.4. The van der Waals surface area contributed by atoms with E-state index in [0.717, 1.165) is 0 Å². The van der Waals surface area contributed by atoms with Crippen molar-refractivity contribution >= 4 is 20.1 Å². The second kappa shape index (κ2) is 7.70. The Morgan fingerprint density at radius 1 is 1.35 bits per heavy atom. The Bertz CT molecular complexity index is 541. The molecule has 0 aromatic carbocycles. The molecule has 0 aliphatic heterocycles. The van der Waals surface area contributed by atoms with E-state index in [4.69, 9.17) is 10.2 Å². The van der Waals surface area contributed by atoms with Gasteiger partial charge < -0.3 is 15.5 Å². The summed E-state index contributed by atoms with van der Waals surface area (Å²) < 4.78 is 6.03. The molecule has 0 unspecified atom stereocenters. The van der Waals surface area contributed by atoms with Crippen LogP contribution in [0.3, 0.4) is 0 Å². The van der Waals surface area contributed by atoms with Gasteiger partial charge in [0, 0.05) is 12.8 Å². The monoisotopic (exact) mass is 337 g/mol. The van der Waals surface area contributed by atoms with E-state index in [1.165, 1.54) is 6.20 Å². The third-order valence-corrected chi connectivity index (χ3v) is 8.76. The van der Waals surface area contributed by atoms with Gasteiger partial charge >= 0.3 is 0 Å². The van der Waals surface area contributed by atoms with Crippen LogP contribution >= 0.6 is 0 Å². The molecule has 0 fully saturated rings. The number of hydrogen-bond acceptors (Lipinski definition) is 4. The van der Waals surface area contributed by atoms with Gasteiger partial charge in [-0.1, -0.05) is 26.8 Å². The SMILES string of the molecule is CC(C)(C)[Si](C)(C)OCC[C@@H](NC(=O)c1ccccn1)C(N)=O. The fourth-order valence-electron chi connectivity index (χ4n) is 1.66. The van der Waals surface area contributed by atoms with E-state index in [-0.39, 0.29) is 10.7 Å². The summed E-state index contributed by atoms with van der Waals surface area (Å²) in [6.45, 7) is 11.1. The van der Waals surface area contributed by atoms with Crippen molar-refractivity contribution in [1.82, 2.24) is 10.3 Å². The molecule has 23 heavy (non-hydrogen) atoms. The summed E-state index contributed by atoms with van der Waals surface area (Å²) in [5.41, 5.74) is 5.63. The lowest BCUT2D eigenvalue weighted by atomic mass is 10.2. The number of hydrogen-bond donors (Lipinski definition) is 2. The topological polar surface area (TPSA) is 94.3 Å². The van der Waals surface area contributed by atoms with Crippen LogP contribution in [0, 0.1) is 0 Å². The quantitative estimate of drug-likeness (QED) is 0.745. The second-order valence-corrected chi connectivity index (χ2v) is 11.9. The Hall–Kier alpha value is -1.73. The van der Waals surface area contributed by atoms with Crippen molar-refractivity contribution in [1.29, 1.82) is 0 Å². The summed E-state index contributed by atoms with van der Waals surface area (Å²) in [5, 5.41) is 2.71. The molecule has 7 heteroatoms. The maximum absolute atomic E-state index is 12.1. The maximum atomic E-state index is 12.1. The molecule has 0 radical (unpaired) electrons. The van der Waals surface area contributed by atoms with E-state index >= 15 is 0 Å². The van der Waals surface area contributed by atoms with Crippen LogP contribution in [-0.2, 0) is 9.22 Å². The summed E-state index contributed by atoms with van der Waals surface area (Å²) in [6.07, 6.45) is 1.87. The molecule has 6 nitrogen and oxygen atoms in total. The molecular formula is C16H27N3O3Si. The minimum Gasteiger partial charge on any atom is -0.417 e. The molecule has 0 saturated carbocycles. The van der Waals surface area contributed by atoms with Crippen molar-refractivity contribution in [2.24, 2.45) is 5.73 Å². The smallest absolute Gasteiger partial charge is 0.270 e. The van der Waals surface area contributed by atoms with Gasteiger partial charge in [-0.25, -0.2) is 0 Å². The highest BCUT2D eigenvalue weighted by molar-refractivity contribution is 6.74. The zero-order chi connectivity index (χ0) is 17.7. The van der Waals surface area contributed by atoms with E-state index in [0.29, 0.717) is 13.0 Å². The summed E-state index contributed by atoms with van der Waals surface area (Å²) in [7, 11) is -1.89. The van der Waals surface area contributed by atoms with Crippen LogP contribution in [0.25, 0.3) is 0 Å². The van der Waals surface area contributed by atoms with E-state index in [1.54, 1.807) is 18.2 Å². The molecular weight excluding hydrogens is 310 g/mol. The molecule has 1 aromatic heterocycles. The molecule has 2 amide bonds. The summed E-state index contributed by atoms with van der Waals surface area (Å²) in [6, 6.07) is 4.24. The van der Waals surface area contributed by atoms with Gasteiger partial charge in [0.15, 0.2) is 8.32 Å². The predicted octanol–water partition coefficient (Wildman–Crippen LogP) is 2.08. The van der Waals surface area contributed by atoms with Crippen LogP contribution in [0.5, 0.6) is 0 Å². The lowest BCUT2D eigenvalue weighted by Gasteiger charge is -2.36. The van der Waals surface area contributed by atoms with Gasteiger partial charge in [-0.15, -0.1) is 0 Å². The van der Waals surface area contributed by atoms with E-state index < -0.39 is 26.2 Å². The van der Waals surface area contributed by atoms with Crippen LogP contribution in [-0.4, -0.2) is 37.8 Å². The Morgan fingerprint density at radius 2 is 2.00 bits per heavy atom. The number of carbonyl (C=O) groups is 2. The van der Waals surface area contributed by atoms with Gasteiger partial charge in [-0.2, -0.15) is 0 Å². The molecule has 1 atom stereocenters. The highest BCUT2D eigenvalue weighted by Gasteiger charge is 2.37. The summed E-state index contributed by atoms with van der Waals surface area (Å²) in [5.74, 6) is -0.991. The number of amides is 2. The lowest BCUT2D eigenvalue weighted by Crippen LogP contribution is -2.47. The number of carbonyl (C=O) groups excluding carboxylic acids is 2. The molecule has 1 heterocycles. The Balaban J connectivity index is 2.60. The standard InChI is InChI=1S/C16H27N3O3Si/c1-16(2,3)23(4,5)22-11-9-12(14(17)20)19-15(21)13-8-6-7-10-18-13/h6-8,10,12H,9,11H2,1-5H3,(H2,17,20)(H,19,21)/t12-/m1/s1. The fourth-order valence-corrected chi connectivity index (χ4v) is 2.72. The number of primary amides is 1. The molecule has 0 bridgehead atoms. The molecule has 1 rings (SSSR count). The largest absolute Gasteiger partial charge is 0.417 e. The number of pyridine rings is 1. The van der Waals surface area contributed by atoms with Gasteiger partial charge in [-0.3, -0.25) is 14.6 Å². The predicted molar refractivity (Wildman–Crippen MR) is 92.5 cm³/mol. The van der Waals surface area contributed by atoms with Crippen LogP contribution < -0.4 is 11.1 Å². The van der Waals surface area contributed by atoms with Gasteiger partial charge in [0.1, 0.15) is 11.7 Å². The zero-order valence-corrected chi connectivity index (χ0v) is 15.6. The minimum atomic E-state index is -1.89. The minimum absolute atomic E-state index is 0.0897. The maximum Gasteiger partial charge on any atom is 0.270 e. The summed E-state index contributed by atoms with van der Waals surface area (Å²) >= 11 is 0. The normalized spacial score (nSPS) is 13.4. The highest BCUT2D eigenvalue weighted by Crippen LogP contribution is 2.36. The zero-order valence-electron chi connectivity index (χ0n) is 14.6. The molecule has 128 valence electrons. The molecule has 0 aliphatic rings. The second-order valence-electron chi connectivity index (χ2n) is 7.04. The van der Waals surface area contributed by atoms with Crippen molar-refractivity contribution in [3.05, 3.63) is 30.1 Å². The van der Waals surface area contributed by atoms with Crippen LogP contribution in [0.4, 0.5) is 0 Å². The van der Waals surface area contributed by atoms with Crippen molar-refractivity contribution in [3.8, 4) is 0 Å². The first kappa shape index (κ1) is 19.3. The van der Waals surface area contributed by atoms with Crippen molar-refractivity contribution in [2.45, 2.75) is 51.4 Å². The molecule has 0 aliphatic carbocycles. The molecule has 0 spiro atoms. The molecule has 3 N–H and O–H groups in total. The first-order valence-corrected chi connectivity index (χ1v) is 10.6. The van der Waals surface area contributed by atoms with Crippen molar-refractivity contribution in [3.63, 3.8) is 0 Å². The number of nitrogens with one attached hydrogen (secondary N) is 1. The average Bonchev–Trinajstić information content (AvgIpc) is 2.45. The van der Waals surface area contributed by atoms with Gasteiger partial charge in [0.2, 0.25) is 5.91 Å². The molecule has 1 aromatic rings. The van der Waals surface area contributed by atoms with E-state index in [9.17, 15) is 9.59 Å². The third kappa shape index (κ3) is 5.76. The number of nitrogens with two attached hydrogens (primary N) is 1. The van der Waals surface area contributed by atoms with Crippen LogP contribution in [0.2, 0.25) is 18.1 Å². The number of nitrogens with zero attached hydrogens (tertiary/aromatic N) is 1. The lowest BCUT2D eigenvalue weighted by molar-refractivity contribution is -0.120. The summed E-state index contributed by atoms with van der Waals surface area (Å²) in [4.78, 5) is 27.6. The Kier molecular flexibility index (Phi) is 6.46. The fraction of sp³-hybridized carbons (Fsp3) is 0.562. The first-order chi connectivity index (χ1) is 10.5. The number of rotatable bonds is 7. The number of aromatic nitrogens is 1. The van der Waals surface area contributed by atoms with Crippen molar-refractivity contribution in [2.75, 3.05) is 6.61 Å². The van der Waals surface area contributed by atoms with E-state index in [2.05, 4.69) is 44.2 Å². The first-order valence-electron chi connectivity index (χ1n) is 7.70. The van der Waals surface area contributed by atoms with Crippen LogP contribution in [0.1, 0.15) is 37.7 Å². The molecule has 0 saturated heterocycles. The van der Waals surface area contributed by atoms with E-state index in [1.807, 2.05) is 0 Å². The van der Waals surface area contributed by atoms with Crippen LogP contribution in [0.15, 0.2) is 24.4 Å². The Morgan fingerprint density at radius 3 is 2.48 bits per heavy atom. The Labute approximate surface area is 138 Å². The van der Waals surface area contributed by atoms with Gasteiger partial charge in [-0.05, 0) is 36.7 Å². The van der Waals surface area contributed by atoms with Crippen molar-refractivity contribution < 1.29 is 14.0 Å². The van der Waals surface area contributed by atoms with Gasteiger partial charge in [0.05, 0.1) is 0 Å². The van der Waals surface area contributed by atoms with Gasteiger partial charge in [0.25, 0.3) is 5.91 Å². The average molecular weight is 337 g/mol. The third-order valence-electron chi connectivity index (χ3n) is 4.22.